The number of benzene rings is 1. The lowest BCUT2D eigenvalue weighted by molar-refractivity contribution is -0.138. The first-order chi connectivity index (χ1) is 15.2. The van der Waals surface area contributed by atoms with E-state index < -0.39 is 0 Å². The van der Waals surface area contributed by atoms with Crippen LogP contribution in [0.15, 0.2) is 47.7 Å². The monoisotopic (exact) mass is 418 g/mol. The van der Waals surface area contributed by atoms with Crippen LogP contribution in [0.3, 0.4) is 0 Å². The summed E-state index contributed by atoms with van der Waals surface area (Å²) in [6, 6.07) is 12.0. The smallest absolute Gasteiger partial charge is 0.270 e. The van der Waals surface area contributed by atoms with Gasteiger partial charge in [0, 0.05) is 43.9 Å². The first kappa shape index (κ1) is 19.7. The highest BCUT2D eigenvalue weighted by atomic mass is 16.2. The molecule has 1 aromatic carbocycles. The van der Waals surface area contributed by atoms with E-state index in [0.717, 1.165) is 24.8 Å². The molecule has 2 amide bonds. The Kier molecular flexibility index (Phi) is 5.36. The van der Waals surface area contributed by atoms with E-state index in [4.69, 9.17) is 0 Å². The molecule has 2 aliphatic heterocycles. The summed E-state index contributed by atoms with van der Waals surface area (Å²) in [5.41, 5.74) is 1.51. The molecule has 0 bridgehead atoms. The summed E-state index contributed by atoms with van der Waals surface area (Å²) in [6.45, 7) is 1.36. The van der Waals surface area contributed by atoms with E-state index in [9.17, 15) is 9.59 Å². The summed E-state index contributed by atoms with van der Waals surface area (Å²) in [6.07, 6.45) is 7.72. The van der Waals surface area contributed by atoms with Crippen molar-refractivity contribution in [2.45, 2.75) is 44.2 Å². The Bertz CT molecular complexity index is 983. The van der Waals surface area contributed by atoms with Crippen molar-refractivity contribution in [2.24, 2.45) is 11.0 Å². The van der Waals surface area contributed by atoms with E-state index in [0.29, 0.717) is 43.6 Å². The molecule has 2 fully saturated rings. The lowest BCUT2D eigenvalue weighted by Gasteiger charge is -2.33. The molecule has 3 heterocycles. The largest absolute Gasteiger partial charge is 0.348 e. The number of nitrogens with one attached hydrogen (secondary N) is 1. The van der Waals surface area contributed by atoms with Crippen LogP contribution in [0.4, 0.5) is 5.95 Å². The Balaban J connectivity index is 1.21. The molecule has 160 valence electrons. The number of rotatable bonds is 5. The van der Waals surface area contributed by atoms with Gasteiger partial charge in [-0.1, -0.05) is 30.3 Å². The van der Waals surface area contributed by atoms with Crippen LogP contribution in [0.2, 0.25) is 0 Å². The van der Waals surface area contributed by atoms with Crippen LogP contribution in [0.5, 0.6) is 0 Å². The highest BCUT2D eigenvalue weighted by Gasteiger charge is 2.35. The Hall–Kier alpha value is -3.29. The summed E-state index contributed by atoms with van der Waals surface area (Å²) in [5.74, 6) is 0.422. The van der Waals surface area contributed by atoms with E-state index in [2.05, 4.69) is 25.3 Å². The van der Waals surface area contributed by atoms with Gasteiger partial charge in [-0.05, 0) is 37.3 Å². The maximum atomic E-state index is 13.2. The molecule has 1 saturated carbocycles. The van der Waals surface area contributed by atoms with Gasteiger partial charge >= 0.3 is 0 Å². The molecule has 2 aromatic rings. The van der Waals surface area contributed by atoms with Crippen LogP contribution in [0, 0.1) is 5.92 Å². The molecule has 3 aliphatic rings. The van der Waals surface area contributed by atoms with Gasteiger partial charge in [-0.25, -0.2) is 15.0 Å². The average Bonchev–Trinajstić information content (AvgIpc) is 3.50. The van der Waals surface area contributed by atoms with Crippen molar-refractivity contribution in [3.05, 3.63) is 53.9 Å². The van der Waals surface area contributed by atoms with Crippen LogP contribution < -0.4 is 10.2 Å². The molecule has 1 saturated heterocycles. The number of carbonyl (C=O) groups excluding carboxylic acids is 2. The Morgan fingerprint density at radius 2 is 1.77 bits per heavy atom. The molecule has 0 radical (unpaired) electrons. The van der Waals surface area contributed by atoms with Gasteiger partial charge in [0.05, 0.1) is 6.04 Å². The number of carbonyl (C=O) groups is 2. The van der Waals surface area contributed by atoms with Crippen molar-refractivity contribution in [3.63, 3.8) is 0 Å². The zero-order valence-electron chi connectivity index (χ0n) is 17.4. The van der Waals surface area contributed by atoms with Crippen molar-refractivity contribution in [2.75, 3.05) is 18.0 Å². The van der Waals surface area contributed by atoms with Crippen molar-refractivity contribution in [3.8, 4) is 0 Å². The molecular weight excluding hydrogens is 392 g/mol. The van der Waals surface area contributed by atoms with Crippen molar-refractivity contribution >= 4 is 24.0 Å². The summed E-state index contributed by atoms with van der Waals surface area (Å²) in [4.78, 5) is 36.3. The third-order valence-corrected chi connectivity index (χ3v) is 6.16. The highest BCUT2D eigenvalue weighted by molar-refractivity contribution is 5.92. The number of anilines is 1. The van der Waals surface area contributed by atoms with E-state index in [1.165, 1.54) is 0 Å². The lowest BCUT2D eigenvalue weighted by Crippen LogP contribution is -2.41. The Morgan fingerprint density at radius 1 is 1.00 bits per heavy atom. The van der Waals surface area contributed by atoms with Crippen LogP contribution in [-0.2, 0) is 4.79 Å². The quantitative estimate of drug-likeness (QED) is 0.806. The van der Waals surface area contributed by atoms with Gasteiger partial charge in [0.1, 0.15) is 5.69 Å². The first-order valence-electron chi connectivity index (χ1n) is 11.0. The van der Waals surface area contributed by atoms with Crippen molar-refractivity contribution in [1.82, 2.24) is 20.3 Å². The standard InChI is InChI=1S/C23H26N6O2/c30-21(26-18-6-7-18)19-8-12-24-23(27-19)28-14-10-17(11-15-28)22(31)29-20(9-13-25-29)16-4-2-1-3-5-16/h1-5,8,12-13,17-18,20H,6-7,9-11,14-15H2,(H,26,30). The van der Waals surface area contributed by atoms with Gasteiger partial charge in [-0.2, -0.15) is 5.10 Å². The topological polar surface area (TPSA) is 90.8 Å². The van der Waals surface area contributed by atoms with Crippen molar-refractivity contribution < 1.29 is 9.59 Å². The predicted octanol–water partition coefficient (Wildman–Crippen LogP) is 2.54. The third kappa shape index (κ3) is 4.28. The molecule has 8 heteroatoms. The molecule has 5 rings (SSSR count). The number of aromatic nitrogens is 2. The number of amides is 2. The lowest BCUT2D eigenvalue weighted by atomic mass is 9.94. The molecule has 1 N–H and O–H groups in total. The van der Waals surface area contributed by atoms with Gasteiger partial charge in [0.15, 0.2) is 0 Å². The highest BCUT2D eigenvalue weighted by Crippen LogP contribution is 2.32. The SMILES string of the molecule is O=C(NC1CC1)c1ccnc(N2CCC(C(=O)N3N=CCC3c3ccccc3)CC2)n1. The molecule has 1 aromatic heterocycles. The van der Waals surface area contributed by atoms with Gasteiger partial charge in [0.2, 0.25) is 11.9 Å². The predicted molar refractivity (Wildman–Crippen MR) is 117 cm³/mol. The fourth-order valence-corrected chi connectivity index (χ4v) is 4.21. The molecule has 0 spiro atoms. The fourth-order valence-electron chi connectivity index (χ4n) is 4.21. The number of piperidine rings is 1. The normalized spacial score (nSPS) is 21.4. The number of hydrazone groups is 1. The summed E-state index contributed by atoms with van der Waals surface area (Å²) in [7, 11) is 0. The van der Waals surface area contributed by atoms with Crippen LogP contribution >= 0.6 is 0 Å². The number of hydrogen-bond donors (Lipinski definition) is 1. The summed E-state index contributed by atoms with van der Waals surface area (Å²) < 4.78 is 0. The van der Waals surface area contributed by atoms with Gasteiger partial charge < -0.3 is 10.2 Å². The molecule has 1 aliphatic carbocycles. The minimum Gasteiger partial charge on any atom is -0.348 e. The summed E-state index contributed by atoms with van der Waals surface area (Å²) >= 11 is 0. The zero-order chi connectivity index (χ0) is 21.2. The second-order valence-corrected chi connectivity index (χ2v) is 8.39. The first-order valence-corrected chi connectivity index (χ1v) is 11.0. The molecule has 31 heavy (non-hydrogen) atoms. The molecule has 1 atom stereocenters. The average molecular weight is 419 g/mol. The zero-order valence-corrected chi connectivity index (χ0v) is 17.4. The van der Waals surface area contributed by atoms with E-state index >= 15 is 0 Å². The van der Waals surface area contributed by atoms with E-state index in [1.54, 1.807) is 17.3 Å². The second kappa shape index (κ2) is 8.45. The van der Waals surface area contributed by atoms with Crippen LogP contribution in [0.1, 0.15) is 54.2 Å². The van der Waals surface area contributed by atoms with Gasteiger partial charge in [-0.15, -0.1) is 0 Å². The van der Waals surface area contributed by atoms with Crippen LogP contribution in [-0.4, -0.2) is 52.1 Å². The van der Waals surface area contributed by atoms with Crippen molar-refractivity contribution in [1.29, 1.82) is 0 Å². The van der Waals surface area contributed by atoms with E-state index in [1.807, 2.05) is 36.5 Å². The minimum atomic E-state index is -0.143. The number of nitrogens with zero attached hydrogens (tertiary/aromatic N) is 5. The second-order valence-electron chi connectivity index (χ2n) is 8.39. The van der Waals surface area contributed by atoms with Gasteiger partial charge in [-0.3, -0.25) is 9.59 Å². The van der Waals surface area contributed by atoms with Crippen LogP contribution in [0.25, 0.3) is 0 Å². The number of hydrogen-bond acceptors (Lipinski definition) is 6. The van der Waals surface area contributed by atoms with E-state index in [-0.39, 0.29) is 23.8 Å². The Labute approximate surface area is 181 Å². The molecular formula is C23H26N6O2. The summed E-state index contributed by atoms with van der Waals surface area (Å²) in [5, 5.41) is 9.00. The maximum Gasteiger partial charge on any atom is 0.270 e. The molecule has 8 nitrogen and oxygen atoms in total. The molecule has 1 unspecified atom stereocenters. The Morgan fingerprint density at radius 3 is 2.52 bits per heavy atom. The van der Waals surface area contributed by atoms with Gasteiger partial charge in [0.25, 0.3) is 5.91 Å². The minimum absolute atomic E-state index is 0.0169. The fraction of sp³-hybridized carbons (Fsp3) is 0.435. The maximum absolute atomic E-state index is 13.2. The third-order valence-electron chi connectivity index (χ3n) is 6.16.